The van der Waals surface area contributed by atoms with Gasteiger partial charge in [0.15, 0.2) is 0 Å². The first-order valence-corrected chi connectivity index (χ1v) is 6.05. The topological polar surface area (TPSA) is 15.3 Å². The second-order valence-electron chi connectivity index (χ2n) is 5.12. The van der Waals surface area contributed by atoms with Gasteiger partial charge in [-0.05, 0) is 38.3 Å². The van der Waals surface area contributed by atoms with Crippen molar-refractivity contribution in [2.24, 2.45) is 11.8 Å². The van der Waals surface area contributed by atoms with Crippen LogP contribution in [0.1, 0.15) is 33.6 Å². The largest absolute Gasteiger partial charge is 0.313 e. The maximum atomic E-state index is 3.61. The van der Waals surface area contributed by atoms with Crippen molar-refractivity contribution in [3.05, 3.63) is 0 Å². The average molecular weight is 198 g/mol. The van der Waals surface area contributed by atoms with Gasteiger partial charge in [-0.3, -0.25) is 0 Å². The number of hydrogen-bond donors (Lipinski definition) is 1. The highest BCUT2D eigenvalue weighted by Gasteiger charge is 2.31. The van der Waals surface area contributed by atoms with Crippen LogP contribution in [0.3, 0.4) is 0 Å². The van der Waals surface area contributed by atoms with Gasteiger partial charge in [-0.1, -0.05) is 20.8 Å². The summed E-state index contributed by atoms with van der Waals surface area (Å²) in [6.45, 7) is 10.3. The Kier molecular flexibility index (Phi) is 4.90. The van der Waals surface area contributed by atoms with E-state index in [0.717, 1.165) is 24.4 Å². The Balaban J connectivity index is 2.23. The van der Waals surface area contributed by atoms with Crippen molar-refractivity contribution in [1.82, 2.24) is 10.2 Å². The SMILES string of the molecule is CCNC(CN(C)CC(C)C)C1CC1. The van der Waals surface area contributed by atoms with Gasteiger partial charge in [-0.25, -0.2) is 0 Å². The number of nitrogens with zero attached hydrogens (tertiary/aromatic N) is 1. The first-order chi connectivity index (χ1) is 6.63. The van der Waals surface area contributed by atoms with Crippen molar-refractivity contribution >= 4 is 0 Å². The zero-order valence-electron chi connectivity index (χ0n) is 10.2. The molecule has 0 heterocycles. The van der Waals surface area contributed by atoms with Gasteiger partial charge in [0.25, 0.3) is 0 Å². The minimum Gasteiger partial charge on any atom is -0.313 e. The van der Waals surface area contributed by atoms with E-state index in [1.54, 1.807) is 0 Å². The van der Waals surface area contributed by atoms with Crippen LogP contribution in [0.4, 0.5) is 0 Å². The van der Waals surface area contributed by atoms with Gasteiger partial charge in [-0.15, -0.1) is 0 Å². The van der Waals surface area contributed by atoms with Crippen molar-refractivity contribution in [2.75, 3.05) is 26.7 Å². The number of hydrogen-bond acceptors (Lipinski definition) is 2. The summed E-state index contributed by atoms with van der Waals surface area (Å²) in [5.74, 6) is 1.74. The highest BCUT2D eigenvalue weighted by atomic mass is 15.1. The Labute approximate surface area is 89.1 Å². The maximum absolute atomic E-state index is 3.61. The molecular weight excluding hydrogens is 172 g/mol. The molecule has 1 unspecified atom stereocenters. The molecule has 84 valence electrons. The van der Waals surface area contributed by atoms with Crippen molar-refractivity contribution in [3.63, 3.8) is 0 Å². The Morgan fingerprint density at radius 3 is 2.36 bits per heavy atom. The van der Waals surface area contributed by atoms with E-state index in [1.807, 2.05) is 0 Å². The zero-order valence-corrected chi connectivity index (χ0v) is 10.2. The molecule has 0 aromatic heterocycles. The molecule has 1 fully saturated rings. The molecule has 0 aromatic carbocycles. The van der Waals surface area contributed by atoms with Gasteiger partial charge in [-0.2, -0.15) is 0 Å². The molecule has 1 rings (SSSR count). The smallest absolute Gasteiger partial charge is 0.0223 e. The fraction of sp³-hybridized carbons (Fsp3) is 1.00. The molecule has 0 radical (unpaired) electrons. The molecule has 0 bridgehead atoms. The first kappa shape index (κ1) is 12.0. The fourth-order valence-corrected chi connectivity index (χ4v) is 2.17. The van der Waals surface area contributed by atoms with Crippen LogP contribution in [0.2, 0.25) is 0 Å². The molecule has 1 aliphatic rings. The molecular formula is C12H26N2. The van der Waals surface area contributed by atoms with Crippen LogP contribution in [0.5, 0.6) is 0 Å². The Morgan fingerprint density at radius 2 is 1.93 bits per heavy atom. The Hall–Kier alpha value is -0.0800. The standard InChI is InChI=1S/C12H26N2/c1-5-13-12(11-6-7-11)9-14(4)8-10(2)3/h10-13H,5-9H2,1-4H3. The molecule has 2 heteroatoms. The van der Waals surface area contributed by atoms with Gasteiger partial charge >= 0.3 is 0 Å². The predicted octanol–water partition coefficient (Wildman–Crippen LogP) is 1.96. The van der Waals surface area contributed by atoms with Crippen LogP contribution in [-0.2, 0) is 0 Å². The lowest BCUT2D eigenvalue weighted by Crippen LogP contribution is -2.42. The van der Waals surface area contributed by atoms with Gasteiger partial charge in [0.2, 0.25) is 0 Å². The van der Waals surface area contributed by atoms with E-state index in [-0.39, 0.29) is 0 Å². The molecule has 0 aromatic rings. The quantitative estimate of drug-likeness (QED) is 0.673. The summed E-state index contributed by atoms with van der Waals surface area (Å²) in [6, 6.07) is 0.740. The molecule has 1 atom stereocenters. The van der Waals surface area contributed by atoms with E-state index in [2.05, 4.69) is 38.0 Å². The van der Waals surface area contributed by atoms with E-state index in [1.165, 1.54) is 25.9 Å². The Morgan fingerprint density at radius 1 is 1.29 bits per heavy atom. The predicted molar refractivity (Wildman–Crippen MR) is 62.5 cm³/mol. The third kappa shape index (κ3) is 4.43. The van der Waals surface area contributed by atoms with Gasteiger partial charge in [0.1, 0.15) is 0 Å². The van der Waals surface area contributed by atoms with E-state index >= 15 is 0 Å². The van der Waals surface area contributed by atoms with Crippen molar-refractivity contribution < 1.29 is 0 Å². The summed E-state index contributed by atoms with van der Waals surface area (Å²) < 4.78 is 0. The molecule has 2 nitrogen and oxygen atoms in total. The van der Waals surface area contributed by atoms with E-state index in [9.17, 15) is 0 Å². The lowest BCUT2D eigenvalue weighted by Gasteiger charge is -2.25. The molecule has 0 aliphatic heterocycles. The van der Waals surface area contributed by atoms with Crippen molar-refractivity contribution in [2.45, 2.75) is 39.7 Å². The van der Waals surface area contributed by atoms with E-state index in [4.69, 9.17) is 0 Å². The van der Waals surface area contributed by atoms with Gasteiger partial charge in [0, 0.05) is 19.1 Å². The molecule has 0 amide bonds. The van der Waals surface area contributed by atoms with E-state index < -0.39 is 0 Å². The molecule has 1 saturated carbocycles. The highest BCUT2D eigenvalue weighted by molar-refractivity contribution is 4.87. The summed E-state index contributed by atoms with van der Waals surface area (Å²) >= 11 is 0. The average Bonchev–Trinajstić information content (AvgIpc) is 2.83. The maximum Gasteiger partial charge on any atom is 0.0223 e. The third-order valence-corrected chi connectivity index (χ3v) is 2.84. The second-order valence-corrected chi connectivity index (χ2v) is 5.12. The van der Waals surface area contributed by atoms with E-state index in [0.29, 0.717) is 0 Å². The number of nitrogens with one attached hydrogen (secondary N) is 1. The van der Waals surface area contributed by atoms with Crippen LogP contribution >= 0.6 is 0 Å². The van der Waals surface area contributed by atoms with Crippen LogP contribution in [-0.4, -0.2) is 37.6 Å². The lowest BCUT2D eigenvalue weighted by atomic mass is 10.1. The minimum atomic E-state index is 0.740. The minimum absolute atomic E-state index is 0.740. The summed E-state index contributed by atoms with van der Waals surface area (Å²) in [7, 11) is 2.24. The summed E-state index contributed by atoms with van der Waals surface area (Å²) in [5.41, 5.74) is 0. The zero-order chi connectivity index (χ0) is 10.6. The lowest BCUT2D eigenvalue weighted by molar-refractivity contribution is 0.251. The summed E-state index contributed by atoms with van der Waals surface area (Å²) in [5, 5.41) is 3.61. The van der Waals surface area contributed by atoms with Crippen molar-refractivity contribution in [1.29, 1.82) is 0 Å². The van der Waals surface area contributed by atoms with Crippen LogP contribution in [0.15, 0.2) is 0 Å². The van der Waals surface area contributed by atoms with Gasteiger partial charge < -0.3 is 10.2 Å². The molecule has 0 spiro atoms. The van der Waals surface area contributed by atoms with Crippen LogP contribution in [0.25, 0.3) is 0 Å². The fourth-order valence-electron chi connectivity index (χ4n) is 2.17. The summed E-state index contributed by atoms with van der Waals surface area (Å²) in [4.78, 5) is 2.47. The van der Waals surface area contributed by atoms with Crippen molar-refractivity contribution in [3.8, 4) is 0 Å². The molecule has 1 aliphatic carbocycles. The van der Waals surface area contributed by atoms with Crippen LogP contribution in [0, 0.1) is 11.8 Å². The molecule has 0 saturated heterocycles. The normalized spacial score (nSPS) is 19.3. The highest BCUT2D eigenvalue weighted by Crippen LogP contribution is 2.32. The van der Waals surface area contributed by atoms with Gasteiger partial charge in [0.05, 0.1) is 0 Å². The second kappa shape index (κ2) is 5.72. The van der Waals surface area contributed by atoms with Crippen LogP contribution < -0.4 is 5.32 Å². The summed E-state index contributed by atoms with van der Waals surface area (Å²) in [6.07, 6.45) is 2.88. The Bertz CT molecular complexity index is 152. The molecule has 14 heavy (non-hydrogen) atoms. The molecule has 1 N–H and O–H groups in total. The third-order valence-electron chi connectivity index (χ3n) is 2.84. The monoisotopic (exact) mass is 198 g/mol. The number of likely N-dealkylation sites (N-methyl/N-ethyl adjacent to an activating group) is 2. The number of rotatable bonds is 7. The first-order valence-electron chi connectivity index (χ1n) is 6.05.